The Kier molecular flexibility index (Phi) is 2.96. The zero-order valence-electron chi connectivity index (χ0n) is 9.86. The summed E-state index contributed by atoms with van der Waals surface area (Å²) in [5, 5.41) is 3.33. The zero-order chi connectivity index (χ0) is 12.5. The van der Waals surface area contributed by atoms with Crippen LogP contribution in [0.2, 0.25) is 0 Å². The second-order valence-corrected chi connectivity index (χ2v) is 5.49. The summed E-state index contributed by atoms with van der Waals surface area (Å²) in [7, 11) is 0. The lowest BCUT2D eigenvalue weighted by molar-refractivity contribution is 0.635. The maximum absolute atomic E-state index is 5.91. The molecule has 4 heteroatoms. The van der Waals surface area contributed by atoms with Gasteiger partial charge in [-0.2, -0.15) is 0 Å². The van der Waals surface area contributed by atoms with Crippen LogP contribution in [-0.2, 0) is 6.42 Å². The SMILES string of the molecule is Nc1cc(Br)cnc1NCC1Cc2ccccc21. The Morgan fingerprint density at radius 1 is 1.39 bits per heavy atom. The standard InChI is InChI=1S/C14H14BrN3/c15-11-6-13(16)14(18-8-11)17-7-10-5-9-3-1-2-4-12(9)10/h1-4,6,8,10H,5,7,16H2,(H,17,18). The molecule has 18 heavy (non-hydrogen) atoms. The van der Waals surface area contributed by atoms with Crippen molar-refractivity contribution in [3.8, 4) is 0 Å². The number of rotatable bonds is 3. The van der Waals surface area contributed by atoms with E-state index < -0.39 is 0 Å². The molecule has 0 spiro atoms. The fraction of sp³-hybridized carbons (Fsp3) is 0.214. The van der Waals surface area contributed by atoms with E-state index in [9.17, 15) is 0 Å². The molecule has 0 bridgehead atoms. The summed E-state index contributed by atoms with van der Waals surface area (Å²) in [5.74, 6) is 1.34. The van der Waals surface area contributed by atoms with E-state index in [4.69, 9.17) is 5.73 Å². The molecule has 92 valence electrons. The highest BCUT2D eigenvalue weighted by Gasteiger charge is 2.25. The summed E-state index contributed by atoms with van der Waals surface area (Å²) in [6.45, 7) is 0.885. The van der Waals surface area contributed by atoms with Gasteiger partial charge in [-0.1, -0.05) is 24.3 Å². The summed E-state index contributed by atoms with van der Waals surface area (Å²) in [6, 6.07) is 10.4. The van der Waals surface area contributed by atoms with Crippen LogP contribution in [0, 0.1) is 0 Å². The van der Waals surface area contributed by atoms with Crippen molar-refractivity contribution in [1.82, 2.24) is 4.98 Å². The third-order valence-corrected chi connectivity index (χ3v) is 3.79. The predicted octanol–water partition coefficient (Wildman–Crippen LogP) is 3.18. The lowest BCUT2D eigenvalue weighted by Gasteiger charge is -2.30. The van der Waals surface area contributed by atoms with E-state index in [1.807, 2.05) is 6.07 Å². The molecule has 1 atom stereocenters. The minimum atomic E-state index is 0.575. The average Bonchev–Trinajstić information content (AvgIpc) is 2.33. The van der Waals surface area contributed by atoms with E-state index in [-0.39, 0.29) is 0 Å². The second-order valence-electron chi connectivity index (χ2n) is 4.57. The number of hydrogen-bond donors (Lipinski definition) is 2. The van der Waals surface area contributed by atoms with Gasteiger partial charge >= 0.3 is 0 Å². The van der Waals surface area contributed by atoms with Gasteiger partial charge < -0.3 is 11.1 Å². The van der Waals surface area contributed by atoms with Gasteiger partial charge in [-0.15, -0.1) is 0 Å². The van der Waals surface area contributed by atoms with Gasteiger partial charge in [-0.25, -0.2) is 4.98 Å². The van der Waals surface area contributed by atoms with Crippen LogP contribution in [-0.4, -0.2) is 11.5 Å². The third-order valence-electron chi connectivity index (χ3n) is 3.36. The Labute approximate surface area is 115 Å². The predicted molar refractivity (Wildman–Crippen MR) is 77.7 cm³/mol. The number of fused-ring (bicyclic) bond motifs is 1. The van der Waals surface area contributed by atoms with Crippen LogP contribution in [0.4, 0.5) is 11.5 Å². The van der Waals surface area contributed by atoms with Crippen molar-refractivity contribution in [2.24, 2.45) is 0 Å². The Bertz CT molecular complexity index is 583. The average molecular weight is 304 g/mol. The van der Waals surface area contributed by atoms with E-state index in [0.29, 0.717) is 11.6 Å². The van der Waals surface area contributed by atoms with Crippen LogP contribution in [0.15, 0.2) is 41.0 Å². The van der Waals surface area contributed by atoms with Crippen molar-refractivity contribution in [3.63, 3.8) is 0 Å². The molecule has 1 aliphatic carbocycles. The van der Waals surface area contributed by atoms with Gasteiger partial charge in [0, 0.05) is 23.1 Å². The quantitative estimate of drug-likeness (QED) is 0.915. The van der Waals surface area contributed by atoms with E-state index in [2.05, 4.69) is 50.5 Å². The fourth-order valence-electron chi connectivity index (χ4n) is 2.37. The van der Waals surface area contributed by atoms with Crippen molar-refractivity contribution < 1.29 is 0 Å². The molecule has 1 unspecified atom stereocenters. The number of nitrogens with two attached hydrogens (primary N) is 1. The third kappa shape index (κ3) is 2.08. The largest absolute Gasteiger partial charge is 0.396 e. The monoisotopic (exact) mass is 303 g/mol. The highest BCUT2D eigenvalue weighted by atomic mass is 79.9. The smallest absolute Gasteiger partial charge is 0.149 e. The molecule has 1 aliphatic rings. The van der Waals surface area contributed by atoms with Gasteiger partial charge in [0.05, 0.1) is 5.69 Å². The minimum absolute atomic E-state index is 0.575. The number of aromatic nitrogens is 1. The molecule has 0 aliphatic heterocycles. The van der Waals surface area contributed by atoms with Crippen LogP contribution in [0.25, 0.3) is 0 Å². The summed E-state index contributed by atoms with van der Waals surface area (Å²) >= 11 is 3.35. The van der Waals surface area contributed by atoms with E-state index in [1.165, 1.54) is 11.1 Å². The van der Waals surface area contributed by atoms with Gasteiger partial charge in [0.2, 0.25) is 0 Å². The summed E-state index contributed by atoms with van der Waals surface area (Å²) in [4.78, 5) is 4.28. The molecule has 0 saturated carbocycles. The van der Waals surface area contributed by atoms with E-state index >= 15 is 0 Å². The highest BCUT2D eigenvalue weighted by Crippen LogP contribution is 2.35. The van der Waals surface area contributed by atoms with Crippen LogP contribution in [0.5, 0.6) is 0 Å². The summed E-state index contributed by atoms with van der Waals surface area (Å²) < 4.78 is 0.902. The number of nitrogen functional groups attached to an aromatic ring is 1. The molecular weight excluding hydrogens is 290 g/mol. The first-order chi connectivity index (χ1) is 8.74. The van der Waals surface area contributed by atoms with E-state index in [0.717, 1.165) is 23.3 Å². The maximum atomic E-state index is 5.91. The number of anilines is 2. The van der Waals surface area contributed by atoms with Crippen LogP contribution >= 0.6 is 15.9 Å². The summed E-state index contributed by atoms with van der Waals surface area (Å²) in [6.07, 6.45) is 2.90. The van der Waals surface area contributed by atoms with Gasteiger partial charge in [0.1, 0.15) is 5.82 Å². The molecule has 1 heterocycles. The normalized spacial score (nSPS) is 16.8. The zero-order valence-corrected chi connectivity index (χ0v) is 11.4. The Morgan fingerprint density at radius 3 is 3.00 bits per heavy atom. The first-order valence-electron chi connectivity index (χ1n) is 5.97. The minimum Gasteiger partial charge on any atom is -0.396 e. The first kappa shape index (κ1) is 11.5. The molecule has 3 rings (SSSR count). The van der Waals surface area contributed by atoms with Crippen LogP contribution in [0.3, 0.4) is 0 Å². The fourth-order valence-corrected chi connectivity index (χ4v) is 2.72. The number of nitrogens with one attached hydrogen (secondary N) is 1. The molecule has 1 aromatic heterocycles. The van der Waals surface area contributed by atoms with Gasteiger partial charge in [-0.3, -0.25) is 0 Å². The molecule has 0 fully saturated rings. The molecular formula is C14H14BrN3. The molecule has 0 saturated heterocycles. The van der Waals surface area contributed by atoms with Crippen molar-refractivity contribution >= 4 is 27.4 Å². The Balaban J connectivity index is 1.66. The van der Waals surface area contributed by atoms with Crippen molar-refractivity contribution in [2.75, 3.05) is 17.6 Å². The molecule has 3 N–H and O–H groups in total. The Morgan fingerprint density at radius 2 is 2.22 bits per heavy atom. The molecule has 0 amide bonds. The van der Waals surface area contributed by atoms with Gasteiger partial charge in [-0.05, 0) is 39.5 Å². The number of halogens is 1. The Hall–Kier alpha value is -1.55. The van der Waals surface area contributed by atoms with Crippen molar-refractivity contribution in [1.29, 1.82) is 0 Å². The van der Waals surface area contributed by atoms with Gasteiger partial charge in [0.15, 0.2) is 0 Å². The maximum Gasteiger partial charge on any atom is 0.149 e. The molecule has 3 nitrogen and oxygen atoms in total. The number of nitrogens with zero attached hydrogens (tertiary/aromatic N) is 1. The number of benzene rings is 1. The molecule has 0 radical (unpaired) electrons. The lowest BCUT2D eigenvalue weighted by Crippen LogP contribution is -2.24. The topological polar surface area (TPSA) is 50.9 Å². The first-order valence-corrected chi connectivity index (χ1v) is 6.76. The highest BCUT2D eigenvalue weighted by molar-refractivity contribution is 9.10. The van der Waals surface area contributed by atoms with Crippen molar-refractivity contribution in [3.05, 3.63) is 52.1 Å². The van der Waals surface area contributed by atoms with Crippen LogP contribution in [0.1, 0.15) is 17.0 Å². The van der Waals surface area contributed by atoms with E-state index in [1.54, 1.807) is 6.20 Å². The lowest BCUT2D eigenvalue weighted by atomic mass is 9.77. The van der Waals surface area contributed by atoms with Crippen LogP contribution < -0.4 is 11.1 Å². The summed E-state index contributed by atoms with van der Waals surface area (Å²) in [5.41, 5.74) is 9.49. The number of hydrogen-bond acceptors (Lipinski definition) is 3. The number of pyridine rings is 1. The van der Waals surface area contributed by atoms with Crippen molar-refractivity contribution in [2.45, 2.75) is 12.3 Å². The molecule has 1 aromatic carbocycles. The second kappa shape index (κ2) is 4.61. The molecule has 2 aromatic rings. The van der Waals surface area contributed by atoms with Gasteiger partial charge in [0.25, 0.3) is 0 Å².